The molecular weight excluding hydrogens is 180 g/mol. The fraction of sp³-hybridized carbons (Fsp3) is 0.900. The predicted octanol–water partition coefficient (Wildman–Crippen LogP) is 0.361. The van der Waals surface area contributed by atoms with Crippen LogP contribution in [0, 0.1) is 0 Å². The molecule has 14 heavy (non-hydrogen) atoms. The van der Waals surface area contributed by atoms with Gasteiger partial charge in [-0.05, 0) is 26.8 Å². The van der Waals surface area contributed by atoms with Gasteiger partial charge in [0.2, 0.25) is 5.91 Å². The molecule has 4 heteroatoms. The van der Waals surface area contributed by atoms with Crippen LogP contribution in [0.5, 0.6) is 0 Å². The normalized spacial score (nSPS) is 27.8. The van der Waals surface area contributed by atoms with E-state index in [1.165, 1.54) is 0 Å². The van der Waals surface area contributed by atoms with Gasteiger partial charge in [-0.15, -0.1) is 0 Å². The number of nitrogens with zero attached hydrogens (tertiary/aromatic N) is 1. The number of amides is 1. The van der Waals surface area contributed by atoms with Gasteiger partial charge in [0.25, 0.3) is 0 Å². The number of rotatable bonds is 3. The number of carbonyl (C=O) groups is 1. The van der Waals surface area contributed by atoms with E-state index < -0.39 is 0 Å². The predicted molar refractivity (Wildman–Crippen MR) is 54.9 cm³/mol. The average Bonchev–Trinajstić information content (AvgIpc) is 2.12. The molecule has 0 bridgehead atoms. The molecule has 2 unspecified atom stereocenters. The van der Waals surface area contributed by atoms with Crippen molar-refractivity contribution in [2.75, 3.05) is 19.6 Å². The van der Waals surface area contributed by atoms with Crippen molar-refractivity contribution in [1.29, 1.82) is 0 Å². The molecule has 0 aliphatic carbocycles. The van der Waals surface area contributed by atoms with Crippen molar-refractivity contribution in [3.05, 3.63) is 0 Å². The van der Waals surface area contributed by atoms with E-state index in [2.05, 4.69) is 0 Å². The highest BCUT2D eigenvalue weighted by Gasteiger charge is 2.24. The third-order valence-corrected chi connectivity index (χ3v) is 2.37. The van der Waals surface area contributed by atoms with Crippen molar-refractivity contribution in [3.63, 3.8) is 0 Å². The molecule has 1 fully saturated rings. The topological polar surface area (TPSA) is 55.6 Å². The second-order valence-electron chi connectivity index (χ2n) is 3.95. The summed E-state index contributed by atoms with van der Waals surface area (Å²) >= 11 is 0. The summed E-state index contributed by atoms with van der Waals surface area (Å²) in [7, 11) is 0. The van der Waals surface area contributed by atoms with Crippen LogP contribution in [0.4, 0.5) is 0 Å². The van der Waals surface area contributed by atoms with Gasteiger partial charge in [-0.3, -0.25) is 4.79 Å². The van der Waals surface area contributed by atoms with E-state index in [1.54, 1.807) is 0 Å². The van der Waals surface area contributed by atoms with Gasteiger partial charge in [-0.1, -0.05) is 0 Å². The lowest BCUT2D eigenvalue weighted by atomic mass is 10.2. The third kappa shape index (κ3) is 3.27. The van der Waals surface area contributed by atoms with Gasteiger partial charge in [0.05, 0.1) is 12.2 Å². The molecule has 1 amide bonds. The van der Waals surface area contributed by atoms with Crippen LogP contribution in [-0.2, 0) is 9.53 Å². The Morgan fingerprint density at radius 1 is 1.43 bits per heavy atom. The fourth-order valence-corrected chi connectivity index (χ4v) is 1.79. The lowest BCUT2D eigenvalue weighted by molar-refractivity contribution is -0.143. The van der Waals surface area contributed by atoms with Crippen molar-refractivity contribution in [3.8, 4) is 0 Å². The summed E-state index contributed by atoms with van der Waals surface area (Å²) < 4.78 is 5.55. The maximum atomic E-state index is 11.7. The second-order valence-corrected chi connectivity index (χ2v) is 3.95. The maximum absolute atomic E-state index is 11.7. The molecule has 1 aliphatic heterocycles. The molecule has 1 heterocycles. The number of hydrogen-bond acceptors (Lipinski definition) is 3. The van der Waals surface area contributed by atoms with Crippen molar-refractivity contribution >= 4 is 5.91 Å². The minimum absolute atomic E-state index is 0.153. The Labute approximate surface area is 85.4 Å². The summed E-state index contributed by atoms with van der Waals surface area (Å²) in [4.78, 5) is 13.5. The summed E-state index contributed by atoms with van der Waals surface area (Å²) in [5.41, 5.74) is 5.37. The molecule has 1 saturated heterocycles. The summed E-state index contributed by atoms with van der Waals surface area (Å²) in [6.45, 7) is 6.01. The SMILES string of the molecule is CC1CN(C(=O)CCCN)CC(C)O1. The Bertz CT molecular complexity index is 187. The van der Waals surface area contributed by atoms with E-state index in [0.717, 1.165) is 6.42 Å². The van der Waals surface area contributed by atoms with Crippen molar-refractivity contribution in [2.45, 2.75) is 38.9 Å². The fourth-order valence-electron chi connectivity index (χ4n) is 1.79. The molecule has 1 aliphatic rings. The summed E-state index contributed by atoms with van der Waals surface area (Å²) in [5.74, 6) is 0.206. The Hall–Kier alpha value is -0.610. The van der Waals surface area contributed by atoms with Gasteiger partial charge < -0.3 is 15.4 Å². The van der Waals surface area contributed by atoms with Gasteiger partial charge in [0, 0.05) is 19.5 Å². The van der Waals surface area contributed by atoms with E-state index in [-0.39, 0.29) is 18.1 Å². The Balaban J connectivity index is 2.38. The van der Waals surface area contributed by atoms with Gasteiger partial charge in [-0.2, -0.15) is 0 Å². The highest BCUT2D eigenvalue weighted by atomic mass is 16.5. The lowest BCUT2D eigenvalue weighted by Crippen LogP contribution is -2.48. The van der Waals surface area contributed by atoms with Gasteiger partial charge >= 0.3 is 0 Å². The highest BCUT2D eigenvalue weighted by molar-refractivity contribution is 5.76. The zero-order valence-corrected chi connectivity index (χ0v) is 9.03. The molecule has 0 saturated carbocycles. The molecule has 1 rings (SSSR count). The summed E-state index contributed by atoms with van der Waals surface area (Å²) in [5, 5.41) is 0. The van der Waals surface area contributed by atoms with Gasteiger partial charge in [0.15, 0.2) is 0 Å². The van der Waals surface area contributed by atoms with Crippen LogP contribution in [-0.4, -0.2) is 42.6 Å². The van der Waals surface area contributed by atoms with E-state index in [4.69, 9.17) is 10.5 Å². The maximum Gasteiger partial charge on any atom is 0.222 e. The molecule has 2 atom stereocenters. The number of ether oxygens (including phenoxy) is 1. The van der Waals surface area contributed by atoms with Crippen molar-refractivity contribution in [2.24, 2.45) is 5.73 Å². The van der Waals surface area contributed by atoms with Crippen molar-refractivity contribution < 1.29 is 9.53 Å². The van der Waals surface area contributed by atoms with Crippen LogP contribution in [0.25, 0.3) is 0 Å². The lowest BCUT2D eigenvalue weighted by Gasteiger charge is -2.35. The van der Waals surface area contributed by atoms with Crippen LogP contribution in [0.2, 0.25) is 0 Å². The largest absolute Gasteiger partial charge is 0.372 e. The number of nitrogens with two attached hydrogens (primary N) is 1. The molecule has 2 N–H and O–H groups in total. The molecule has 0 aromatic heterocycles. The Kier molecular flexibility index (Phi) is 4.35. The van der Waals surface area contributed by atoms with Crippen LogP contribution in [0.1, 0.15) is 26.7 Å². The van der Waals surface area contributed by atoms with Crippen LogP contribution >= 0.6 is 0 Å². The smallest absolute Gasteiger partial charge is 0.222 e. The minimum Gasteiger partial charge on any atom is -0.372 e. The highest BCUT2D eigenvalue weighted by Crippen LogP contribution is 2.11. The first kappa shape index (κ1) is 11.5. The van der Waals surface area contributed by atoms with E-state index >= 15 is 0 Å². The van der Waals surface area contributed by atoms with Gasteiger partial charge in [0.1, 0.15) is 0 Å². The number of carbonyl (C=O) groups excluding carboxylic acids is 1. The zero-order valence-electron chi connectivity index (χ0n) is 9.03. The molecule has 0 radical (unpaired) electrons. The number of morpholine rings is 1. The minimum atomic E-state index is 0.153. The Morgan fingerprint density at radius 3 is 2.50 bits per heavy atom. The number of hydrogen-bond donors (Lipinski definition) is 1. The molecular formula is C10H20N2O2. The quantitative estimate of drug-likeness (QED) is 0.715. The third-order valence-electron chi connectivity index (χ3n) is 2.37. The van der Waals surface area contributed by atoms with Crippen LogP contribution in [0.3, 0.4) is 0 Å². The molecule has 4 nitrogen and oxygen atoms in total. The van der Waals surface area contributed by atoms with E-state index in [0.29, 0.717) is 26.1 Å². The first-order valence-electron chi connectivity index (χ1n) is 5.26. The standard InChI is InChI=1S/C10H20N2O2/c1-8-6-12(7-9(2)14-8)10(13)4-3-5-11/h8-9H,3-7,11H2,1-2H3. The van der Waals surface area contributed by atoms with Crippen LogP contribution in [0.15, 0.2) is 0 Å². The first-order chi connectivity index (χ1) is 6.63. The monoisotopic (exact) mass is 200 g/mol. The van der Waals surface area contributed by atoms with Gasteiger partial charge in [-0.25, -0.2) is 0 Å². The Morgan fingerprint density at radius 2 is 2.00 bits per heavy atom. The summed E-state index contributed by atoms with van der Waals surface area (Å²) in [6.07, 6.45) is 1.65. The summed E-state index contributed by atoms with van der Waals surface area (Å²) in [6, 6.07) is 0. The van der Waals surface area contributed by atoms with Crippen molar-refractivity contribution in [1.82, 2.24) is 4.90 Å². The van der Waals surface area contributed by atoms with E-state index in [1.807, 2.05) is 18.7 Å². The molecule has 0 spiro atoms. The second kappa shape index (κ2) is 5.32. The van der Waals surface area contributed by atoms with E-state index in [9.17, 15) is 4.79 Å². The molecule has 0 aromatic carbocycles. The molecule has 82 valence electrons. The average molecular weight is 200 g/mol. The zero-order chi connectivity index (χ0) is 10.6. The first-order valence-corrected chi connectivity index (χ1v) is 5.26. The van der Waals surface area contributed by atoms with Crippen LogP contribution < -0.4 is 5.73 Å². The molecule has 0 aromatic rings.